The molecule has 0 aliphatic rings. The Bertz CT molecular complexity index is 727. The quantitative estimate of drug-likeness (QED) is 0.625. The van der Waals surface area contributed by atoms with Gasteiger partial charge in [0.25, 0.3) is 5.56 Å². The molecule has 22 heavy (non-hydrogen) atoms. The van der Waals surface area contributed by atoms with Gasteiger partial charge in [-0.15, -0.1) is 0 Å². The standard InChI is InChI=1S/C15H18N4O2S/c1-3-15(17,4-2)9-22-14-18-12(11-6-5-7-21-11)10(8-16)13(20)19-14/h5-7H,3-4,9,17H2,1-2H3,(H,18,19,20). The number of rotatable bonds is 6. The van der Waals surface area contributed by atoms with E-state index in [4.69, 9.17) is 15.4 Å². The first-order valence-electron chi connectivity index (χ1n) is 7.03. The molecule has 2 aromatic heterocycles. The van der Waals surface area contributed by atoms with E-state index in [1.165, 1.54) is 18.0 Å². The lowest BCUT2D eigenvalue weighted by atomic mass is 9.97. The Hall–Kier alpha value is -2.04. The lowest BCUT2D eigenvalue weighted by Crippen LogP contribution is -2.41. The number of thioether (sulfide) groups is 1. The molecule has 0 aliphatic carbocycles. The molecule has 3 N–H and O–H groups in total. The molecule has 6 nitrogen and oxygen atoms in total. The van der Waals surface area contributed by atoms with Gasteiger partial charge in [-0.05, 0) is 25.0 Å². The van der Waals surface area contributed by atoms with Crippen LogP contribution < -0.4 is 11.3 Å². The largest absolute Gasteiger partial charge is 0.463 e. The first-order valence-corrected chi connectivity index (χ1v) is 8.01. The first-order chi connectivity index (χ1) is 10.5. The third-order valence-electron chi connectivity index (χ3n) is 3.67. The zero-order valence-corrected chi connectivity index (χ0v) is 13.4. The van der Waals surface area contributed by atoms with E-state index < -0.39 is 5.56 Å². The molecule has 116 valence electrons. The van der Waals surface area contributed by atoms with E-state index in [1.54, 1.807) is 12.1 Å². The van der Waals surface area contributed by atoms with Crippen LogP contribution in [0.1, 0.15) is 32.3 Å². The number of H-pyrrole nitrogens is 1. The van der Waals surface area contributed by atoms with Crippen molar-refractivity contribution in [1.29, 1.82) is 5.26 Å². The van der Waals surface area contributed by atoms with Crippen molar-refractivity contribution >= 4 is 11.8 Å². The zero-order valence-electron chi connectivity index (χ0n) is 12.5. The summed E-state index contributed by atoms with van der Waals surface area (Å²) in [5.41, 5.74) is 5.69. The van der Waals surface area contributed by atoms with Crippen LogP contribution in [0.2, 0.25) is 0 Å². The molecule has 0 aromatic carbocycles. The van der Waals surface area contributed by atoms with Crippen LogP contribution in [0.4, 0.5) is 0 Å². The molecule has 0 saturated heterocycles. The number of aromatic nitrogens is 2. The van der Waals surface area contributed by atoms with Crippen molar-refractivity contribution in [2.24, 2.45) is 5.73 Å². The Kier molecular flexibility index (Phi) is 5.06. The highest BCUT2D eigenvalue weighted by atomic mass is 32.2. The minimum Gasteiger partial charge on any atom is -0.463 e. The Morgan fingerprint density at radius 2 is 2.23 bits per heavy atom. The van der Waals surface area contributed by atoms with E-state index in [0.29, 0.717) is 16.7 Å². The van der Waals surface area contributed by atoms with Crippen LogP contribution in [-0.2, 0) is 0 Å². The van der Waals surface area contributed by atoms with Gasteiger partial charge in [0.2, 0.25) is 0 Å². The van der Waals surface area contributed by atoms with Gasteiger partial charge in [0.1, 0.15) is 17.3 Å². The summed E-state index contributed by atoms with van der Waals surface area (Å²) in [7, 11) is 0. The number of nitriles is 1. The second-order valence-electron chi connectivity index (χ2n) is 5.04. The molecular weight excluding hydrogens is 300 g/mol. The van der Waals surface area contributed by atoms with Crippen LogP contribution in [0.25, 0.3) is 11.5 Å². The fraction of sp³-hybridized carbons (Fsp3) is 0.400. The molecule has 2 rings (SSSR count). The van der Waals surface area contributed by atoms with E-state index in [0.717, 1.165) is 12.8 Å². The van der Waals surface area contributed by atoms with Gasteiger partial charge in [0, 0.05) is 11.3 Å². The average Bonchev–Trinajstić information content (AvgIpc) is 3.06. The first kappa shape index (κ1) is 16.3. The summed E-state index contributed by atoms with van der Waals surface area (Å²) in [6, 6.07) is 5.23. The molecule has 2 aromatic rings. The Labute approximate surface area is 132 Å². The summed E-state index contributed by atoms with van der Waals surface area (Å²) in [4.78, 5) is 19.0. The molecule has 0 amide bonds. The number of nitrogens with one attached hydrogen (secondary N) is 1. The maximum absolute atomic E-state index is 12.0. The van der Waals surface area contributed by atoms with Crippen molar-refractivity contribution in [3.63, 3.8) is 0 Å². The minimum absolute atomic E-state index is 0.0516. The van der Waals surface area contributed by atoms with Gasteiger partial charge < -0.3 is 15.1 Å². The lowest BCUT2D eigenvalue weighted by Gasteiger charge is -2.25. The van der Waals surface area contributed by atoms with E-state index in [1.807, 2.05) is 19.9 Å². The summed E-state index contributed by atoms with van der Waals surface area (Å²) >= 11 is 1.38. The van der Waals surface area contributed by atoms with Gasteiger partial charge >= 0.3 is 0 Å². The molecule has 0 saturated carbocycles. The zero-order chi connectivity index (χ0) is 16.2. The number of nitrogens with zero attached hydrogens (tertiary/aromatic N) is 2. The van der Waals surface area contributed by atoms with Crippen LogP contribution in [0.5, 0.6) is 0 Å². The van der Waals surface area contributed by atoms with Gasteiger partial charge in [-0.25, -0.2) is 4.98 Å². The number of hydrogen-bond acceptors (Lipinski definition) is 6. The van der Waals surface area contributed by atoms with Crippen LogP contribution >= 0.6 is 11.8 Å². The summed E-state index contributed by atoms with van der Waals surface area (Å²) in [5, 5.41) is 9.58. The minimum atomic E-state index is -0.470. The number of furan rings is 1. The van der Waals surface area contributed by atoms with Gasteiger partial charge in [-0.2, -0.15) is 5.26 Å². The van der Waals surface area contributed by atoms with E-state index in [-0.39, 0.29) is 16.8 Å². The number of hydrogen-bond donors (Lipinski definition) is 2. The second kappa shape index (κ2) is 6.81. The SMILES string of the molecule is CCC(N)(CC)CSc1nc(-c2ccco2)c(C#N)c(=O)[nH]1. The fourth-order valence-electron chi connectivity index (χ4n) is 1.88. The summed E-state index contributed by atoms with van der Waals surface area (Å²) in [5.74, 6) is 1.03. The van der Waals surface area contributed by atoms with Crippen molar-refractivity contribution in [1.82, 2.24) is 9.97 Å². The maximum Gasteiger partial charge on any atom is 0.270 e. The summed E-state index contributed by atoms with van der Waals surface area (Å²) in [6.07, 6.45) is 3.15. The maximum atomic E-state index is 12.0. The van der Waals surface area contributed by atoms with Crippen molar-refractivity contribution in [2.75, 3.05) is 5.75 Å². The molecule has 0 fully saturated rings. The van der Waals surface area contributed by atoms with E-state index in [2.05, 4.69) is 9.97 Å². The van der Waals surface area contributed by atoms with Gasteiger partial charge in [0.05, 0.1) is 6.26 Å². The van der Waals surface area contributed by atoms with Gasteiger partial charge in [-0.1, -0.05) is 25.6 Å². The molecule has 7 heteroatoms. The molecular formula is C15H18N4O2S. The normalized spacial score (nSPS) is 11.4. The van der Waals surface area contributed by atoms with Gasteiger partial charge in [-0.3, -0.25) is 4.79 Å². The Morgan fingerprint density at radius 3 is 2.77 bits per heavy atom. The third-order valence-corrected chi connectivity index (χ3v) is 4.85. The van der Waals surface area contributed by atoms with Crippen LogP contribution in [0.3, 0.4) is 0 Å². The Morgan fingerprint density at radius 1 is 1.50 bits per heavy atom. The predicted octanol–water partition coefficient (Wildman–Crippen LogP) is 2.51. The second-order valence-corrected chi connectivity index (χ2v) is 6.01. The predicted molar refractivity (Wildman–Crippen MR) is 85.5 cm³/mol. The fourth-order valence-corrected chi connectivity index (χ4v) is 3.04. The third kappa shape index (κ3) is 3.40. The molecule has 0 spiro atoms. The molecule has 0 atom stereocenters. The van der Waals surface area contributed by atoms with E-state index in [9.17, 15) is 4.79 Å². The molecule has 2 heterocycles. The molecule has 0 radical (unpaired) electrons. The number of nitrogens with two attached hydrogens (primary N) is 1. The lowest BCUT2D eigenvalue weighted by molar-refractivity contribution is 0.446. The number of aromatic amines is 1. The molecule has 0 aliphatic heterocycles. The highest BCUT2D eigenvalue weighted by Crippen LogP contribution is 2.25. The van der Waals surface area contributed by atoms with Gasteiger partial charge in [0.15, 0.2) is 10.9 Å². The van der Waals surface area contributed by atoms with Crippen LogP contribution in [0.15, 0.2) is 32.8 Å². The highest BCUT2D eigenvalue weighted by molar-refractivity contribution is 7.99. The molecule has 0 unspecified atom stereocenters. The van der Waals surface area contributed by atoms with Crippen molar-refractivity contribution in [3.05, 3.63) is 34.3 Å². The van der Waals surface area contributed by atoms with Crippen molar-refractivity contribution in [2.45, 2.75) is 37.4 Å². The van der Waals surface area contributed by atoms with Crippen LogP contribution in [0, 0.1) is 11.3 Å². The topological polar surface area (TPSA) is 109 Å². The van der Waals surface area contributed by atoms with Crippen LogP contribution in [-0.4, -0.2) is 21.3 Å². The smallest absolute Gasteiger partial charge is 0.270 e. The van der Waals surface area contributed by atoms with E-state index >= 15 is 0 Å². The summed E-state index contributed by atoms with van der Waals surface area (Å²) in [6.45, 7) is 4.07. The highest BCUT2D eigenvalue weighted by Gasteiger charge is 2.22. The average molecular weight is 318 g/mol. The summed E-state index contributed by atoms with van der Waals surface area (Å²) < 4.78 is 5.26. The monoisotopic (exact) mass is 318 g/mol. The van der Waals surface area contributed by atoms with Crippen molar-refractivity contribution in [3.8, 4) is 17.5 Å². The Balaban J connectivity index is 2.35. The molecule has 0 bridgehead atoms. The van der Waals surface area contributed by atoms with Crippen molar-refractivity contribution < 1.29 is 4.42 Å².